The minimum atomic E-state index is -5.08. The molecule has 4 heterocycles. The molecular formula is C25H26F3N5O9. The van der Waals surface area contributed by atoms with E-state index in [0.717, 1.165) is 5.56 Å². The van der Waals surface area contributed by atoms with Crippen molar-refractivity contribution in [1.29, 1.82) is 0 Å². The molecule has 2 aromatic rings. The predicted octanol–water partition coefficient (Wildman–Crippen LogP) is 0.949. The van der Waals surface area contributed by atoms with Crippen LogP contribution in [0.5, 0.6) is 5.75 Å². The number of fused-ring (bicyclic) bond motifs is 1. The standard InChI is InChI=1S/C23H25N5O7.C2HF3O2/c1-12-25-15(16-6-20(35-28-16)21-10-32-14(8-29)9-33-21)5-18(26-12)23(31)24-7-13-2-3-19-17(4-13)27-22(30)11-34-19;3-2(4,5)1(6)7/h2-5,14,20-21,29H,6-11H2,1H3,(H,24,31)(H,27,30);(H,6,7)/t14-,20-,21-;/m1./s1. The quantitative estimate of drug-likeness (QED) is 0.371. The van der Waals surface area contributed by atoms with E-state index in [1.165, 1.54) is 0 Å². The number of alkyl halides is 3. The van der Waals surface area contributed by atoms with Crippen molar-refractivity contribution < 1.29 is 56.8 Å². The zero-order valence-electron chi connectivity index (χ0n) is 22.0. The van der Waals surface area contributed by atoms with Gasteiger partial charge in [-0.25, -0.2) is 14.8 Å². The molecule has 0 unspecified atom stereocenters. The second-order valence-corrected chi connectivity index (χ2v) is 9.23. The first-order valence-electron chi connectivity index (χ1n) is 12.5. The maximum absolute atomic E-state index is 12.8. The molecule has 5 rings (SSSR count). The molecule has 1 aromatic heterocycles. The highest BCUT2D eigenvalue weighted by atomic mass is 19.4. The Morgan fingerprint density at radius 2 is 1.90 bits per heavy atom. The van der Waals surface area contributed by atoms with Gasteiger partial charge in [0, 0.05) is 13.0 Å². The van der Waals surface area contributed by atoms with Gasteiger partial charge in [-0.15, -0.1) is 0 Å². The highest BCUT2D eigenvalue weighted by molar-refractivity contribution is 6.02. The number of benzene rings is 1. The van der Waals surface area contributed by atoms with Crippen LogP contribution >= 0.6 is 0 Å². The van der Waals surface area contributed by atoms with Crippen molar-refractivity contribution in [2.45, 2.75) is 44.4 Å². The molecule has 0 saturated carbocycles. The van der Waals surface area contributed by atoms with E-state index in [2.05, 4.69) is 25.8 Å². The Hall–Kier alpha value is -4.35. The molecule has 1 fully saturated rings. The van der Waals surface area contributed by atoms with Gasteiger partial charge < -0.3 is 39.9 Å². The zero-order chi connectivity index (χ0) is 30.4. The van der Waals surface area contributed by atoms with Gasteiger partial charge in [0.1, 0.15) is 35.2 Å². The third kappa shape index (κ3) is 7.89. The summed E-state index contributed by atoms with van der Waals surface area (Å²) in [5.74, 6) is -2.33. The van der Waals surface area contributed by atoms with Crippen molar-refractivity contribution in [3.8, 4) is 5.75 Å². The molecule has 226 valence electrons. The molecule has 3 atom stereocenters. The fourth-order valence-corrected chi connectivity index (χ4v) is 3.97. The van der Waals surface area contributed by atoms with Crippen molar-refractivity contribution in [2.75, 3.05) is 31.7 Å². The largest absolute Gasteiger partial charge is 0.490 e. The van der Waals surface area contributed by atoms with Crippen molar-refractivity contribution in [1.82, 2.24) is 15.3 Å². The fraction of sp³-hybridized carbons (Fsp3) is 0.440. The maximum atomic E-state index is 12.8. The number of rotatable bonds is 6. The average molecular weight is 598 g/mol. The first-order valence-corrected chi connectivity index (χ1v) is 12.5. The molecule has 42 heavy (non-hydrogen) atoms. The zero-order valence-corrected chi connectivity index (χ0v) is 22.0. The number of halogens is 3. The molecule has 1 aromatic carbocycles. The highest BCUT2D eigenvalue weighted by Crippen LogP contribution is 2.28. The second-order valence-electron chi connectivity index (χ2n) is 9.23. The third-order valence-electron chi connectivity index (χ3n) is 6.04. The normalized spacial score (nSPS) is 21.4. The monoisotopic (exact) mass is 597 g/mol. The summed E-state index contributed by atoms with van der Waals surface area (Å²) in [5, 5.41) is 26.0. The Labute approximate surface area is 235 Å². The Bertz CT molecular complexity index is 1360. The molecule has 4 N–H and O–H groups in total. The number of aliphatic hydroxyl groups is 1. The average Bonchev–Trinajstić information content (AvgIpc) is 3.46. The van der Waals surface area contributed by atoms with Crippen LogP contribution in [0.4, 0.5) is 18.9 Å². The molecule has 3 aliphatic heterocycles. The van der Waals surface area contributed by atoms with Crippen molar-refractivity contribution in [2.24, 2.45) is 5.16 Å². The first kappa shape index (κ1) is 30.6. The predicted molar refractivity (Wildman–Crippen MR) is 135 cm³/mol. The lowest BCUT2D eigenvalue weighted by Gasteiger charge is -2.30. The van der Waals surface area contributed by atoms with Crippen LogP contribution in [-0.4, -0.2) is 94.6 Å². The number of ether oxygens (including phenoxy) is 3. The Morgan fingerprint density at radius 1 is 1.14 bits per heavy atom. The van der Waals surface area contributed by atoms with Crippen LogP contribution in [0.1, 0.15) is 34.0 Å². The Kier molecular flexibility index (Phi) is 9.54. The summed E-state index contributed by atoms with van der Waals surface area (Å²) in [6.45, 7) is 2.42. The third-order valence-corrected chi connectivity index (χ3v) is 6.04. The number of hydrogen-bond acceptors (Lipinski definition) is 11. The van der Waals surface area contributed by atoms with Crippen LogP contribution < -0.4 is 15.4 Å². The van der Waals surface area contributed by atoms with Gasteiger partial charge in [0.05, 0.1) is 31.2 Å². The van der Waals surface area contributed by atoms with Crippen molar-refractivity contribution in [3.63, 3.8) is 0 Å². The number of nitrogens with zero attached hydrogens (tertiary/aromatic N) is 3. The number of carboxylic acids is 1. The van der Waals surface area contributed by atoms with Crippen molar-refractivity contribution in [3.05, 3.63) is 47.0 Å². The van der Waals surface area contributed by atoms with E-state index in [9.17, 15) is 22.8 Å². The fourth-order valence-electron chi connectivity index (χ4n) is 3.97. The SMILES string of the molecule is Cc1nc(C(=O)NCc2ccc3c(c2)NC(=O)CO3)cc(C2=NO[C@@H]([C@H]3CO[C@H](CO)CO3)C2)n1.O=C(O)C(F)(F)F. The molecule has 3 aliphatic rings. The van der Waals surface area contributed by atoms with E-state index < -0.39 is 12.1 Å². The summed E-state index contributed by atoms with van der Waals surface area (Å²) >= 11 is 0. The maximum Gasteiger partial charge on any atom is 0.490 e. The lowest BCUT2D eigenvalue weighted by Crippen LogP contribution is -2.43. The summed E-state index contributed by atoms with van der Waals surface area (Å²) in [6, 6.07) is 6.91. The van der Waals surface area contributed by atoms with Crippen LogP contribution in [0, 0.1) is 6.92 Å². The molecule has 1 saturated heterocycles. The van der Waals surface area contributed by atoms with E-state index in [4.69, 9.17) is 34.1 Å². The first-order chi connectivity index (χ1) is 19.9. The van der Waals surface area contributed by atoms with E-state index in [1.807, 2.05) is 6.07 Å². The van der Waals surface area contributed by atoms with E-state index in [-0.39, 0.29) is 62.2 Å². The number of aliphatic hydroxyl groups excluding tert-OH is 1. The molecule has 0 aliphatic carbocycles. The van der Waals surface area contributed by atoms with Gasteiger partial charge in [-0.3, -0.25) is 9.59 Å². The number of amides is 2. The van der Waals surface area contributed by atoms with Crippen molar-refractivity contribution >= 4 is 29.2 Å². The minimum Gasteiger partial charge on any atom is -0.482 e. The molecule has 17 heteroatoms. The second kappa shape index (κ2) is 13.1. The molecule has 0 bridgehead atoms. The number of carboxylic acid groups (broad SMARTS) is 1. The summed E-state index contributed by atoms with van der Waals surface area (Å²) in [5.41, 5.74) is 2.66. The molecule has 2 amide bonds. The number of oxime groups is 1. The molecule has 14 nitrogen and oxygen atoms in total. The summed E-state index contributed by atoms with van der Waals surface area (Å²) in [6.07, 6.45) is -5.62. The Balaban J connectivity index is 0.000000517. The van der Waals surface area contributed by atoms with Gasteiger partial charge >= 0.3 is 12.1 Å². The Morgan fingerprint density at radius 3 is 2.57 bits per heavy atom. The van der Waals surface area contributed by atoms with Gasteiger partial charge in [0.15, 0.2) is 12.7 Å². The van der Waals surface area contributed by atoms with E-state index >= 15 is 0 Å². The summed E-state index contributed by atoms with van der Waals surface area (Å²) < 4.78 is 48.4. The van der Waals surface area contributed by atoms with Crippen LogP contribution in [0.15, 0.2) is 29.4 Å². The van der Waals surface area contributed by atoms with E-state index in [1.54, 1.807) is 25.1 Å². The lowest BCUT2D eigenvalue weighted by atomic mass is 10.0. The van der Waals surface area contributed by atoms with Crippen LogP contribution in [0.3, 0.4) is 0 Å². The number of aromatic nitrogens is 2. The number of carbonyl (C=O) groups is 3. The van der Waals surface area contributed by atoms with Gasteiger partial charge in [0.25, 0.3) is 11.8 Å². The molecule has 0 radical (unpaired) electrons. The topological polar surface area (TPSA) is 191 Å². The van der Waals surface area contributed by atoms with Gasteiger partial charge in [-0.05, 0) is 30.7 Å². The number of carbonyl (C=O) groups excluding carboxylic acids is 2. The lowest BCUT2D eigenvalue weighted by molar-refractivity contribution is -0.192. The number of nitrogens with one attached hydrogen (secondary N) is 2. The number of aliphatic carboxylic acids is 1. The smallest absolute Gasteiger partial charge is 0.482 e. The van der Waals surface area contributed by atoms with Gasteiger partial charge in [-0.1, -0.05) is 11.2 Å². The molecule has 0 spiro atoms. The number of hydrogen-bond donors (Lipinski definition) is 4. The van der Waals surface area contributed by atoms with E-state index in [0.29, 0.717) is 41.7 Å². The van der Waals surface area contributed by atoms with Crippen LogP contribution in [-0.2, 0) is 30.4 Å². The van der Waals surface area contributed by atoms with Crippen LogP contribution in [0.25, 0.3) is 0 Å². The number of aryl methyl sites for hydroxylation is 1. The minimum absolute atomic E-state index is 0.0127. The highest BCUT2D eigenvalue weighted by Gasteiger charge is 2.38. The van der Waals surface area contributed by atoms with Gasteiger partial charge in [-0.2, -0.15) is 13.2 Å². The number of anilines is 1. The summed E-state index contributed by atoms with van der Waals surface area (Å²) in [7, 11) is 0. The van der Waals surface area contributed by atoms with Crippen LogP contribution in [0.2, 0.25) is 0 Å². The van der Waals surface area contributed by atoms with Gasteiger partial charge in [0.2, 0.25) is 0 Å². The summed E-state index contributed by atoms with van der Waals surface area (Å²) in [4.78, 5) is 47.5. The molecular weight excluding hydrogens is 571 g/mol.